The van der Waals surface area contributed by atoms with E-state index in [1.807, 2.05) is 18.7 Å². The Bertz CT molecular complexity index is 455. The fourth-order valence-corrected chi connectivity index (χ4v) is 2.85. The summed E-state index contributed by atoms with van der Waals surface area (Å²) in [7, 11) is 0. The highest BCUT2D eigenvalue weighted by Crippen LogP contribution is 2.20. The van der Waals surface area contributed by atoms with E-state index < -0.39 is 0 Å². The lowest BCUT2D eigenvalue weighted by atomic mass is 9.97. The van der Waals surface area contributed by atoms with Crippen molar-refractivity contribution in [3.05, 3.63) is 34.4 Å². The van der Waals surface area contributed by atoms with Gasteiger partial charge in [0.05, 0.1) is 6.04 Å². The third-order valence-corrected chi connectivity index (χ3v) is 3.82. The molecule has 0 radical (unpaired) electrons. The molecule has 0 unspecified atom stereocenters. The normalized spacial score (nSPS) is 15.2. The molecule has 1 N–H and O–H groups in total. The molecule has 0 spiro atoms. The first-order chi connectivity index (χ1) is 9.04. The van der Waals surface area contributed by atoms with Crippen molar-refractivity contribution in [3.63, 3.8) is 0 Å². The van der Waals surface area contributed by atoms with Crippen molar-refractivity contribution in [2.24, 2.45) is 0 Å². The zero-order valence-corrected chi connectivity index (χ0v) is 12.4. The third-order valence-electron chi connectivity index (χ3n) is 3.82. The Balaban J connectivity index is 2.31. The van der Waals surface area contributed by atoms with E-state index >= 15 is 0 Å². The van der Waals surface area contributed by atoms with E-state index in [0.717, 1.165) is 42.7 Å². The average Bonchev–Trinajstić information content (AvgIpc) is 2.24. The van der Waals surface area contributed by atoms with Gasteiger partial charge in [-0.2, -0.15) is 0 Å². The first-order valence-corrected chi connectivity index (χ1v) is 7.14. The van der Waals surface area contributed by atoms with Gasteiger partial charge in [0.25, 0.3) is 5.91 Å². The van der Waals surface area contributed by atoms with Crippen LogP contribution in [0.25, 0.3) is 0 Å². The van der Waals surface area contributed by atoms with Crippen LogP contribution in [0.1, 0.15) is 40.4 Å². The van der Waals surface area contributed by atoms with Crippen LogP contribution in [0.5, 0.6) is 0 Å². The van der Waals surface area contributed by atoms with Gasteiger partial charge in [-0.25, -0.2) is 0 Å². The second-order valence-corrected chi connectivity index (χ2v) is 5.58. The number of benzene rings is 1. The predicted octanol–water partition coefficient (Wildman–Crippen LogP) is 2.44. The molecule has 1 fully saturated rings. The van der Waals surface area contributed by atoms with Gasteiger partial charge >= 0.3 is 0 Å². The summed E-state index contributed by atoms with van der Waals surface area (Å²) in [5, 5.41) is 3.25. The summed E-state index contributed by atoms with van der Waals surface area (Å²) in [5.74, 6) is 0.198. The maximum Gasteiger partial charge on any atom is 0.254 e. The van der Waals surface area contributed by atoms with E-state index in [0.29, 0.717) is 6.04 Å². The van der Waals surface area contributed by atoms with Gasteiger partial charge in [-0.1, -0.05) is 24.6 Å². The molecule has 104 valence electrons. The van der Waals surface area contributed by atoms with Crippen molar-refractivity contribution in [2.45, 2.75) is 40.2 Å². The monoisotopic (exact) mass is 260 g/mol. The van der Waals surface area contributed by atoms with E-state index in [1.54, 1.807) is 0 Å². The van der Waals surface area contributed by atoms with Crippen LogP contribution in [-0.4, -0.2) is 36.5 Å². The molecular weight excluding hydrogens is 236 g/mol. The number of aryl methyl sites for hydroxylation is 3. The van der Waals surface area contributed by atoms with Crippen LogP contribution in [0.3, 0.4) is 0 Å². The second kappa shape index (κ2) is 5.74. The standard InChI is InChI=1S/C16H24N2O/c1-5-6-18(14-9-17-10-14)16(19)15-12(3)7-11(2)8-13(15)4/h7-8,14,17H,5-6,9-10H2,1-4H3. The molecule has 0 atom stereocenters. The topological polar surface area (TPSA) is 32.3 Å². The van der Waals surface area contributed by atoms with Gasteiger partial charge in [0.2, 0.25) is 0 Å². The smallest absolute Gasteiger partial charge is 0.254 e. The lowest BCUT2D eigenvalue weighted by Crippen LogP contribution is -2.59. The molecular formula is C16H24N2O. The van der Waals surface area contributed by atoms with Crippen LogP contribution in [0.15, 0.2) is 12.1 Å². The number of nitrogens with one attached hydrogen (secondary N) is 1. The molecule has 1 aliphatic heterocycles. The molecule has 1 heterocycles. The fourth-order valence-electron chi connectivity index (χ4n) is 2.85. The first-order valence-electron chi connectivity index (χ1n) is 7.14. The minimum Gasteiger partial charge on any atom is -0.333 e. The molecule has 0 aromatic heterocycles. The van der Waals surface area contributed by atoms with Gasteiger partial charge in [-0.3, -0.25) is 4.79 Å². The van der Waals surface area contributed by atoms with Crippen LogP contribution < -0.4 is 5.32 Å². The highest BCUT2D eigenvalue weighted by molar-refractivity contribution is 5.97. The molecule has 0 aliphatic carbocycles. The van der Waals surface area contributed by atoms with Gasteiger partial charge in [0.15, 0.2) is 0 Å². The summed E-state index contributed by atoms with van der Waals surface area (Å²) < 4.78 is 0. The number of carbonyl (C=O) groups excluding carboxylic acids is 1. The van der Waals surface area contributed by atoms with E-state index in [2.05, 4.69) is 31.3 Å². The second-order valence-electron chi connectivity index (χ2n) is 5.58. The number of hydrogen-bond acceptors (Lipinski definition) is 2. The van der Waals surface area contributed by atoms with Gasteiger partial charge in [-0.05, 0) is 38.3 Å². The summed E-state index contributed by atoms with van der Waals surface area (Å²) in [6.45, 7) is 11.0. The highest BCUT2D eigenvalue weighted by Gasteiger charge is 2.29. The molecule has 3 heteroatoms. The fraction of sp³-hybridized carbons (Fsp3) is 0.562. The molecule has 1 saturated heterocycles. The number of nitrogens with zero attached hydrogens (tertiary/aromatic N) is 1. The molecule has 0 saturated carbocycles. The molecule has 1 aliphatic rings. The zero-order chi connectivity index (χ0) is 14.0. The number of carbonyl (C=O) groups is 1. The van der Waals surface area contributed by atoms with E-state index in [1.165, 1.54) is 5.56 Å². The molecule has 1 amide bonds. The van der Waals surface area contributed by atoms with Crippen molar-refractivity contribution < 1.29 is 4.79 Å². The van der Waals surface area contributed by atoms with Crippen LogP contribution >= 0.6 is 0 Å². The summed E-state index contributed by atoms with van der Waals surface area (Å²) in [4.78, 5) is 14.9. The van der Waals surface area contributed by atoms with Crippen molar-refractivity contribution in [3.8, 4) is 0 Å². The maximum absolute atomic E-state index is 12.8. The predicted molar refractivity (Wildman–Crippen MR) is 78.6 cm³/mol. The summed E-state index contributed by atoms with van der Waals surface area (Å²) in [6.07, 6.45) is 1.01. The van der Waals surface area contributed by atoms with Crippen molar-refractivity contribution in [1.29, 1.82) is 0 Å². The minimum absolute atomic E-state index is 0.198. The van der Waals surface area contributed by atoms with E-state index in [9.17, 15) is 4.79 Å². The minimum atomic E-state index is 0.198. The first kappa shape index (κ1) is 14.1. The SMILES string of the molecule is CCCN(C(=O)c1c(C)cc(C)cc1C)C1CNC1. The molecule has 1 aromatic carbocycles. The van der Waals surface area contributed by atoms with E-state index in [-0.39, 0.29) is 5.91 Å². The summed E-state index contributed by atoms with van der Waals surface area (Å²) in [5.41, 5.74) is 4.30. The Hall–Kier alpha value is -1.35. The Morgan fingerprint density at radius 3 is 2.26 bits per heavy atom. The molecule has 0 bridgehead atoms. The van der Waals surface area contributed by atoms with Crippen LogP contribution in [-0.2, 0) is 0 Å². The van der Waals surface area contributed by atoms with Crippen molar-refractivity contribution in [2.75, 3.05) is 19.6 Å². The lowest BCUT2D eigenvalue weighted by Gasteiger charge is -2.38. The van der Waals surface area contributed by atoms with Gasteiger partial charge in [0, 0.05) is 25.2 Å². The Kier molecular flexibility index (Phi) is 4.25. The van der Waals surface area contributed by atoms with Gasteiger partial charge < -0.3 is 10.2 Å². The van der Waals surface area contributed by atoms with E-state index in [4.69, 9.17) is 0 Å². The molecule has 2 rings (SSSR count). The third kappa shape index (κ3) is 2.81. The van der Waals surface area contributed by atoms with Crippen LogP contribution in [0.2, 0.25) is 0 Å². The van der Waals surface area contributed by atoms with Crippen molar-refractivity contribution in [1.82, 2.24) is 10.2 Å². The lowest BCUT2D eigenvalue weighted by molar-refractivity contribution is 0.0614. The molecule has 1 aromatic rings. The quantitative estimate of drug-likeness (QED) is 0.902. The van der Waals surface area contributed by atoms with Crippen LogP contribution in [0, 0.1) is 20.8 Å². The largest absolute Gasteiger partial charge is 0.333 e. The summed E-state index contributed by atoms with van der Waals surface area (Å²) in [6, 6.07) is 4.57. The Morgan fingerprint density at radius 2 is 1.84 bits per heavy atom. The summed E-state index contributed by atoms with van der Waals surface area (Å²) >= 11 is 0. The molecule has 3 nitrogen and oxygen atoms in total. The van der Waals surface area contributed by atoms with Crippen molar-refractivity contribution >= 4 is 5.91 Å². The molecule has 19 heavy (non-hydrogen) atoms. The average molecular weight is 260 g/mol. The Morgan fingerprint density at radius 1 is 1.26 bits per heavy atom. The maximum atomic E-state index is 12.8. The highest BCUT2D eigenvalue weighted by atomic mass is 16.2. The van der Waals surface area contributed by atoms with Crippen LogP contribution in [0.4, 0.5) is 0 Å². The number of hydrogen-bond donors (Lipinski definition) is 1. The van der Waals surface area contributed by atoms with Gasteiger partial charge in [0.1, 0.15) is 0 Å². The number of rotatable bonds is 4. The Labute approximate surface area is 116 Å². The zero-order valence-electron chi connectivity index (χ0n) is 12.4. The number of amides is 1. The van der Waals surface area contributed by atoms with Gasteiger partial charge in [-0.15, -0.1) is 0 Å².